The fraction of sp³-hybridized carbons (Fsp3) is 0.176. The van der Waals surface area contributed by atoms with Crippen LogP contribution in [0.4, 0.5) is 0 Å². The first-order valence-electron chi connectivity index (χ1n) is 6.66. The van der Waals surface area contributed by atoms with Crippen molar-refractivity contribution in [2.24, 2.45) is 0 Å². The van der Waals surface area contributed by atoms with Crippen LogP contribution in [-0.4, -0.2) is 24.0 Å². The molecule has 1 aromatic heterocycles. The largest absolute Gasteiger partial charge is 0.496 e. The van der Waals surface area contributed by atoms with Crippen molar-refractivity contribution in [2.75, 3.05) is 7.11 Å². The number of hydrogen-bond acceptors (Lipinski definition) is 4. The third kappa shape index (κ3) is 3.83. The molecule has 0 radical (unpaired) electrons. The van der Waals surface area contributed by atoms with Gasteiger partial charge in [0.1, 0.15) is 5.75 Å². The zero-order valence-electron chi connectivity index (χ0n) is 12.3. The van der Waals surface area contributed by atoms with Crippen LogP contribution in [0.3, 0.4) is 0 Å². The fourth-order valence-corrected chi connectivity index (χ4v) is 2.86. The Morgan fingerprint density at radius 2 is 2.09 bits per heavy atom. The maximum Gasteiger partial charge on any atom is 0.307 e. The Kier molecular flexibility index (Phi) is 5.12. The summed E-state index contributed by atoms with van der Waals surface area (Å²) in [6.07, 6.45) is 3.10. The molecule has 0 unspecified atom stereocenters. The van der Waals surface area contributed by atoms with E-state index < -0.39 is 5.97 Å². The van der Waals surface area contributed by atoms with Crippen molar-refractivity contribution >= 4 is 29.2 Å². The predicted molar refractivity (Wildman–Crippen MR) is 86.8 cm³/mol. The van der Waals surface area contributed by atoms with Crippen LogP contribution >= 0.6 is 11.3 Å². The molecule has 5 heteroatoms. The van der Waals surface area contributed by atoms with Crippen LogP contribution in [0, 0.1) is 6.92 Å². The Morgan fingerprint density at radius 1 is 1.32 bits per heavy atom. The van der Waals surface area contributed by atoms with Gasteiger partial charge in [0.25, 0.3) is 0 Å². The number of carboxylic acids is 1. The summed E-state index contributed by atoms with van der Waals surface area (Å²) in [5, 5.41) is 10.9. The first-order chi connectivity index (χ1) is 10.5. The lowest BCUT2D eigenvalue weighted by Crippen LogP contribution is -2.04. The molecule has 22 heavy (non-hydrogen) atoms. The van der Waals surface area contributed by atoms with Gasteiger partial charge in [0.05, 0.1) is 13.5 Å². The summed E-state index contributed by atoms with van der Waals surface area (Å²) in [4.78, 5) is 24.1. The number of ether oxygens (including phenoxy) is 1. The summed E-state index contributed by atoms with van der Waals surface area (Å²) in [6.45, 7) is 1.99. The number of ketones is 1. The second-order valence-corrected chi connectivity index (χ2v) is 5.71. The minimum absolute atomic E-state index is 0.165. The molecular formula is C17H16O4S. The normalized spacial score (nSPS) is 10.8. The maximum atomic E-state index is 12.2. The number of benzene rings is 1. The lowest BCUT2D eigenvalue weighted by Gasteiger charge is -2.07. The van der Waals surface area contributed by atoms with Gasteiger partial charge in [-0.25, -0.2) is 0 Å². The molecule has 1 aromatic carbocycles. The van der Waals surface area contributed by atoms with Gasteiger partial charge in [-0.1, -0.05) is 0 Å². The van der Waals surface area contributed by atoms with Gasteiger partial charge in [0.15, 0.2) is 5.78 Å². The van der Waals surface area contributed by atoms with Crippen molar-refractivity contribution in [3.63, 3.8) is 0 Å². The molecule has 4 nitrogen and oxygen atoms in total. The van der Waals surface area contributed by atoms with Crippen LogP contribution in [0.25, 0.3) is 6.08 Å². The summed E-state index contributed by atoms with van der Waals surface area (Å²) < 4.78 is 5.12. The number of carboxylic acid groups (broad SMARTS) is 1. The highest BCUT2D eigenvalue weighted by atomic mass is 32.1. The number of allylic oxidation sites excluding steroid dienone is 1. The van der Waals surface area contributed by atoms with E-state index in [0.29, 0.717) is 16.9 Å². The third-order valence-corrected chi connectivity index (χ3v) is 4.18. The molecule has 1 N–H and O–H groups in total. The Morgan fingerprint density at radius 3 is 2.68 bits per heavy atom. The molecule has 0 bridgehead atoms. The Bertz CT molecular complexity index is 728. The molecule has 0 atom stereocenters. The predicted octanol–water partition coefficient (Wildman–Crippen LogP) is 3.59. The second-order valence-electron chi connectivity index (χ2n) is 4.76. The number of carbonyl (C=O) groups excluding carboxylic acids is 1. The van der Waals surface area contributed by atoms with Crippen molar-refractivity contribution in [1.82, 2.24) is 0 Å². The van der Waals surface area contributed by atoms with E-state index in [0.717, 1.165) is 10.4 Å². The highest BCUT2D eigenvalue weighted by Crippen LogP contribution is 2.22. The van der Waals surface area contributed by atoms with Gasteiger partial charge in [-0.2, -0.15) is 0 Å². The van der Waals surface area contributed by atoms with Crippen molar-refractivity contribution in [3.05, 3.63) is 57.3 Å². The lowest BCUT2D eigenvalue weighted by atomic mass is 10.0. The van der Waals surface area contributed by atoms with Gasteiger partial charge in [0.2, 0.25) is 0 Å². The minimum Gasteiger partial charge on any atom is -0.496 e. The van der Waals surface area contributed by atoms with Crippen LogP contribution in [0.2, 0.25) is 0 Å². The smallest absolute Gasteiger partial charge is 0.307 e. The molecule has 0 saturated carbocycles. The van der Waals surface area contributed by atoms with E-state index in [-0.39, 0.29) is 12.2 Å². The van der Waals surface area contributed by atoms with E-state index in [2.05, 4.69) is 0 Å². The van der Waals surface area contributed by atoms with Gasteiger partial charge in [-0.05, 0) is 54.3 Å². The highest BCUT2D eigenvalue weighted by Gasteiger charge is 2.11. The Labute approximate surface area is 132 Å². The molecule has 0 aliphatic heterocycles. The van der Waals surface area contributed by atoms with Gasteiger partial charge in [-0.15, -0.1) is 11.3 Å². The van der Waals surface area contributed by atoms with Crippen LogP contribution in [0.1, 0.15) is 26.4 Å². The van der Waals surface area contributed by atoms with E-state index >= 15 is 0 Å². The van der Waals surface area contributed by atoms with E-state index in [4.69, 9.17) is 9.84 Å². The second kappa shape index (κ2) is 7.04. The summed E-state index contributed by atoms with van der Waals surface area (Å²) in [5.74, 6) is -0.660. The molecule has 0 aliphatic carbocycles. The van der Waals surface area contributed by atoms with E-state index in [9.17, 15) is 9.59 Å². The Balaban J connectivity index is 2.24. The summed E-state index contributed by atoms with van der Waals surface area (Å²) >= 11 is 1.57. The van der Waals surface area contributed by atoms with Crippen LogP contribution in [0.15, 0.2) is 35.7 Å². The number of carbonyl (C=O) groups is 2. The monoisotopic (exact) mass is 316 g/mol. The van der Waals surface area contributed by atoms with Gasteiger partial charge in [0, 0.05) is 16.0 Å². The molecule has 0 spiro atoms. The van der Waals surface area contributed by atoms with E-state index in [1.54, 1.807) is 35.6 Å². The minimum atomic E-state index is -0.965. The van der Waals surface area contributed by atoms with Gasteiger partial charge in [-0.3, -0.25) is 9.59 Å². The quantitative estimate of drug-likeness (QED) is 0.653. The van der Waals surface area contributed by atoms with E-state index in [1.807, 2.05) is 18.4 Å². The van der Waals surface area contributed by atoms with Gasteiger partial charge >= 0.3 is 5.97 Å². The average molecular weight is 316 g/mol. The number of aliphatic carboxylic acids is 1. The molecule has 1 heterocycles. The van der Waals surface area contributed by atoms with Gasteiger partial charge < -0.3 is 9.84 Å². The highest BCUT2D eigenvalue weighted by molar-refractivity contribution is 7.11. The fourth-order valence-electron chi connectivity index (χ4n) is 2.04. The summed E-state index contributed by atoms with van der Waals surface area (Å²) in [5.41, 5.74) is 2.06. The molecule has 0 amide bonds. The van der Waals surface area contributed by atoms with Crippen molar-refractivity contribution in [1.29, 1.82) is 0 Å². The van der Waals surface area contributed by atoms with Crippen LogP contribution in [0.5, 0.6) is 5.75 Å². The number of hydrogen-bond donors (Lipinski definition) is 1. The van der Waals surface area contributed by atoms with Crippen molar-refractivity contribution < 1.29 is 19.4 Å². The lowest BCUT2D eigenvalue weighted by molar-refractivity contribution is -0.136. The van der Waals surface area contributed by atoms with Crippen molar-refractivity contribution in [2.45, 2.75) is 13.3 Å². The molecule has 2 rings (SSSR count). The molecule has 2 aromatic rings. The summed E-state index contributed by atoms with van der Waals surface area (Å²) in [7, 11) is 1.47. The average Bonchev–Trinajstić information content (AvgIpc) is 2.89. The SMILES string of the molecule is COc1ccc(C(=O)/C=C/c2sccc2C)cc1CC(=O)O. The molecule has 114 valence electrons. The van der Waals surface area contributed by atoms with Crippen LogP contribution in [-0.2, 0) is 11.2 Å². The zero-order valence-corrected chi connectivity index (χ0v) is 13.1. The first kappa shape index (κ1) is 16.0. The number of methoxy groups -OCH3 is 1. The third-order valence-electron chi connectivity index (χ3n) is 3.19. The molecule has 0 fully saturated rings. The number of rotatable bonds is 6. The van der Waals surface area contributed by atoms with Crippen LogP contribution < -0.4 is 4.74 Å². The number of thiophene rings is 1. The van der Waals surface area contributed by atoms with Crippen molar-refractivity contribution in [3.8, 4) is 5.75 Å². The van der Waals surface area contributed by atoms with E-state index in [1.165, 1.54) is 13.2 Å². The Hall–Kier alpha value is -2.40. The number of aryl methyl sites for hydroxylation is 1. The maximum absolute atomic E-state index is 12.2. The first-order valence-corrected chi connectivity index (χ1v) is 7.54. The molecule has 0 aliphatic rings. The summed E-state index contributed by atoms with van der Waals surface area (Å²) in [6, 6.07) is 6.82. The topological polar surface area (TPSA) is 63.6 Å². The molecule has 0 saturated heterocycles. The standard InChI is InChI=1S/C17H16O4S/c1-11-7-8-22-16(11)6-4-14(18)12-3-5-15(21-2)13(9-12)10-17(19)20/h3-9H,10H2,1-2H3,(H,19,20)/b6-4+. The zero-order chi connectivity index (χ0) is 16.1. The molecular weight excluding hydrogens is 300 g/mol.